The van der Waals surface area contributed by atoms with Crippen molar-refractivity contribution in [2.45, 2.75) is 32.7 Å². The Kier molecular flexibility index (Phi) is 5.29. The van der Waals surface area contributed by atoms with Crippen LogP contribution in [0, 0.1) is 0 Å². The van der Waals surface area contributed by atoms with Gasteiger partial charge in [0.25, 0.3) is 5.91 Å². The third kappa shape index (κ3) is 3.80. The van der Waals surface area contributed by atoms with Crippen molar-refractivity contribution in [2.75, 3.05) is 0 Å². The lowest BCUT2D eigenvalue weighted by Crippen LogP contribution is -2.32. The van der Waals surface area contributed by atoms with Gasteiger partial charge in [0.05, 0.1) is 10.6 Å². The smallest absolute Gasteiger partial charge is 0.253 e. The van der Waals surface area contributed by atoms with Gasteiger partial charge in [-0.15, -0.1) is 0 Å². The van der Waals surface area contributed by atoms with Crippen LogP contribution in [0.1, 0.15) is 37.0 Å². The average Bonchev–Trinajstić information content (AvgIpc) is 2.21. The monoisotopic (exact) mass is 303 g/mol. The molecule has 0 heterocycles. The molecule has 1 aromatic carbocycles. The number of benzene rings is 1. The Labute approximate surface area is 110 Å². The van der Waals surface area contributed by atoms with Crippen LogP contribution in [0.25, 0.3) is 0 Å². The Morgan fingerprint density at radius 1 is 1.56 bits per heavy atom. The molecule has 0 aliphatic heterocycles. The molecule has 1 atom stereocenters. The van der Waals surface area contributed by atoms with Crippen molar-refractivity contribution in [3.8, 4) is 0 Å². The molecule has 0 radical (unpaired) electrons. The molecule has 1 N–H and O–H groups in total. The third-order valence-electron chi connectivity index (χ3n) is 2.27. The Morgan fingerprint density at radius 3 is 2.88 bits per heavy atom. The molecule has 16 heavy (non-hydrogen) atoms. The highest BCUT2D eigenvalue weighted by molar-refractivity contribution is 9.10. The molecule has 0 aliphatic carbocycles. The van der Waals surface area contributed by atoms with Gasteiger partial charge in [-0.1, -0.05) is 40.9 Å². The standard InChI is InChI=1S/C12H15BrClNO/c1-3-4-8(2)15-12(16)10-7-9(13)5-6-11(10)14/h5-8H,3-4H2,1-2H3,(H,15,16)/t8-/m0/s1. The number of amides is 1. The van der Waals surface area contributed by atoms with Gasteiger partial charge in [0, 0.05) is 10.5 Å². The molecule has 88 valence electrons. The Balaban J connectivity index is 2.76. The third-order valence-corrected chi connectivity index (χ3v) is 3.10. The molecule has 1 rings (SSSR count). The number of nitrogens with one attached hydrogen (secondary N) is 1. The van der Waals surface area contributed by atoms with E-state index in [2.05, 4.69) is 28.2 Å². The maximum atomic E-state index is 11.9. The summed E-state index contributed by atoms with van der Waals surface area (Å²) in [4.78, 5) is 11.9. The van der Waals surface area contributed by atoms with Crippen LogP contribution in [-0.2, 0) is 0 Å². The van der Waals surface area contributed by atoms with Gasteiger partial charge in [0.2, 0.25) is 0 Å². The van der Waals surface area contributed by atoms with Crippen LogP contribution in [0.3, 0.4) is 0 Å². The average molecular weight is 305 g/mol. The van der Waals surface area contributed by atoms with Crippen LogP contribution in [0.15, 0.2) is 22.7 Å². The van der Waals surface area contributed by atoms with E-state index in [4.69, 9.17) is 11.6 Å². The number of rotatable bonds is 4. The lowest BCUT2D eigenvalue weighted by atomic mass is 10.1. The number of hydrogen-bond acceptors (Lipinski definition) is 1. The minimum atomic E-state index is -0.118. The summed E-state index contributed by atoms with van der Waals surface area (Å²) in [6.45, 7) is 4.09. The minimum Gasteiger partial charge on any atom is -0.350 e. The van der Waals surface area contributed by atoms with Gasteiger partial charge in [0.1, 0.15) is 0 Å². The zero-order chi connectivity index (χ0) is 12.1. The van der Waals surface area contributed by atoms with E-state index in [0.717, 1.165) is 17.3 Å². The summed E-state index contributed by atoms with van der Waals surface area (Å²) < 4.78 is 0.852. The van der Waals surface area contributed by atoms with Crippen molar-refractivity contribution < 1.29 is 4.79 Å². The van der Waals surface area contributed by atoms with Crippen molar-refractivity contribution in [2.24, 2.45) is 0 Å². The molecule has 1 amide bonds. The number of carbonyl (C=O) groups is 1. The fraction of sp³-hybridized carbons (Fsp3) is 0.417. The summed E-state index contributed by atoms with van der Waals surface area (Å²) in [6, 6.07) is 5.43. The zero-order valence-corrected chi connectivity index (χ0v) is 11.7. The number of carbonyl (C=O) groups excluding carboxylic acids is 1. The number of hydrogen-bond donors (Lipinski definition) is 1. The second kappa shape index (κ2) is 6.26. The highest BCUT2D eigenvalue weighted by Gasteiger charge is 2.12. The van der Waals surface area contributed by atoms with Gasteiger partial charge >= 0.3 is 0 Å². The lowest BCUT2D eigenvalue weighted by Gasteiger charge is -2.13. The molecular weight excluding hydrogens is 289 g/mol. The van der Waals surface area contributed by atoms with E-state index in [1.807, 2.05) is 13.0 Å². The largest absolute Gasteiger partial charge is 0.350 e. The van der Waals surface area contributed by atoms with Crippen LogP contribution in [-0.4, -0.2) is 11.9 Å². The number of halogens is 2. The summed E-state index contributed by atoms with van der Waals surface area (Å²) in [5.41, 5.74) is 0.513. The first-order chi connectivity index (χ1) is 7.54. The first kappa shape index (κ1) is 13.5. The Morgan fingerprint density at radius 2 is 2.25 bits per heavy atom. The minimum absolute atomic E-state index is 0.118. The molecule has 0 spiro atoms. The van der Waals surface area contributed by atoms with E-state index < -0.39 is 0 Å². The van der Waals surface area contributed by atoms with Gasteiger partial charge in [-0.3, -0.25) is 4.79 Å². The van der Waals surface area contributed by atoms with Crippen molar-refractivity contribution >= 4 is 33.4 Å². The summed E-state index contributed by atoms with van der Waals surface area (Å²) in [5, 5.41) is 3.40. The van der Waals surface area contributed by atoms with E-state index >= 15 is 0 Å². The molecule has 0 saturated heterocycles. The van der Waals surface area contributed by atoms with E-state index in [1.165, 1.54) is 0 Å². The van der Waals surface area contributed by atoms with Crippen LogP contribution in [0.5, 0.6) is 0 Å². The quantitative estimate of drug-likeness (QED) is 0.894. The zero-order valence-electron chi connectivity index (χ0n) is 9.39. The first-order valence-corrected chi connectivity index (χ1v) is 6.47. The fourth-order valence-corrected chi connectivity index (χ4v) is 2.04. The molecule has 1 aromatic rings. The van der Waals surface area contributed by atoms with Crippen LogP contribution in [0.2, 0.25) is 5.02 Å². The molecule has 0 unspecified atom stereocenters. The van der Waals surface area contributed by atoms with Gasteiger partial charge in [-0.25, -0.2) is 0 Å². The fourth-order valence-electron chi connectivity index (χ4n) is 1.48. The topological polar surface area (TPSA) is 29.1 Å². The predicted octanol–water partition coefficient (Wildman–Crippen LogP) is 4.02. The first-order valence-electron chi connectivity index (χ1n) is 5.30. The van der Waals surface area contributed by atoms with Crippen LogP contribution < -0.4 is 5.32 Å². The Bertz CT molecular complexity index is 381. The van der Waals surface area contributed by atoms with Crippen LogP contribution in [0.4, 0.5) is 0 Å². The van der Waals surface area contributed by atoms with E-state index in [1.54, 1.807) is 12.1 Å². The molecule has 2 nitrogen and oxygen atoms in total. The second-order valence-electron chi connectivity index (χ2n) is 3.79. The molecule has 0 fully saturated rings. The molecule has 4 heteroatoms. The molecule has 0 bridgehead atoms. The molecular formula is C12H15BrClNO. The van der Waals surface area contributed by atoms with Gasteiger partial charge in [0.15, 0.2) is 0 Å². The summed E-state index contributed by atoms with van der Waals surface area (Å²) in [7, 11) is 0. The van der Waals surface area contributed by atoms with Crippen molar-refractivity contribution in [1.29, 1.82) is 0 Å². The SMILES string of the molecule is CCC[C@H](C)NC(=O)c1cc(Br)ccc1Cl. The molecule has 0 saturated carbocycles. The van der Waals surface area contributed by atoms with Gasteiger partial charge in [-0.05, 0) is 31.5 Å². The maximum Gasteiger partial charge on any atom is 0.253 e. The van der Waals surface area contributed by atoms with Crippen molar-refractivity contribution in [3.05, 3.63) is 33.3 Å². The highest BCUT2D eigenvalue weighted by atomic mass is 79.9. The van der Waals surface area contributed by atoms with Crippen LogP contribution >= 0.6 is 27.5 Å². The van der Waals surface area contributed by atoms with E-state index in [9.17, 15) is 4.79 Å². The van der Waals surface area contributed by atoms with Gasteiger partial charge in [-0.2, -0.15) is 0 Å². The highest BCUT2D eigenvalue weighted by Crippen LogP contribution is 2.21. The summed E-state index contributed by atoms with van der Waals surface area (Å²) >= 11 is 9.29. The lowest BCUT2D eigenvalue weighted by molar-refractivity contribution is 0.0938. The normalized spacial score (nSPS) is 12.2. The second-order valence-corrected chi connectivity index (χ2v) is 5.11. The van der Waals surface area contributed by atoms with Crippen molar-refractivity contribution in [1.82, 2.24) is 5.32 Å². The molecule has 0 aromatic heterocycles. The maximum absolute atomic E-state index is 11.9. The van der Waals surface area contributed by atoms with E-state index in [0.29, 0.717) is 10.6 Å². The summed E-state index contributed by atoms with van der Waals surface area (Å²) in [5.74, 6) is -0.118. The molecule has 0 aliphatic rings. The van der Waals surface area contributed by atoms with Crippen molar-refractivity contribution in [3.63, 3.8) is 0 Å². The summed E-state index contributed by atoms with van der Waals surface area (Å²) in [6.07, 6.45) is 2.02. The van der Waals surface area contributed by atoms with E-state index in [-0.39, 0.29) is 11.9 Å². The van der Waals surface area contributed by atoms with Gasteiger partial charge < -0.3 is 5.32 Å². The predicted molar refractivity (Wildman–Crippen MR) is 71.0 cm³/mol. The Hall–Kier alpha value is -0.540.